The summed E-state index contributed by atoms with van der Waals surface area (Å²) in [6.07, 6.45) is 2.20. The summed E-state index contributed by atoms with van der Waals surface area (Å²) in [4.78, 5) is 0. The molecule has 1 heteroatoms. The highest BCUT2D eigenvalue weighted by Gasteiger charge is 2.16. The Morgan fingerprint density at radius 3 is 2.38 bits per heavy atom. The molecule has 0 aromatic heterocycles. The molecule has 0 aliphatic heterocycles. The summed E-state index contributed by atoms with van der Waals surface area (Å²) in [5.74, 6) is 1.00. The van der Waals surface area contributed by atoms with Crippen molar-refractivity contribution in [2.75, 3.05) is 7.11 Å². The van der Waals surface area contributed by atoms with E-state index in [-0.39, 0.29) is 0 Å². The second kappa shape index (κ2) is 6.16. The highest BCUT2D eigenvalue weighted by atomic mass is 16.5. The highest BCUT2D eigenvalue weighted by Crippen LogP contribution is 2.31. The van der Waals surface area contributed by atoms with E-state index in [1.807, 2.05) is 6.07 Å². The first-order valence-electron chi connectivity index (χ1n) is 5.67. The Hall–Kier alpha value is -1.50. The summed E-state index contributed by atoms with van der Waals surface area (Å²) in [5.41, 5.74) is 2.27. The van der Waals surface area contributed by atoms with E-state index in [9.17, 15) is 0 Å². The normalized spacial score (nSPS) is 11.9. The van der Waals surface area contributed by atoms with E-state index in [1.165, 1.54) is 5.56 Å². The fraction of sp³-hybridized carbons (Fsp3) is 0.333. The van der Waals surface area contributed by atoms with Crippen molar-refractivity contribution < 1.29 is 4.74 Å². The van der Waals surface area contributed by atoms with Crippen LogP contribution >= 0.6 is 0 Å². The third-order valence-electron chi connectivity index (χ3n) is 2.80. The van der Waals surface area contributed by atoms with E-state index in [0.717, 1.165) is 18.4 Å². The van der Waals surface area contributed by atoms with E-state index in [1.54, 1.807) is 7.11 Å². The summed E-state index contributed by atoms with van der Waals surface area (Å²) in [6.45, 7) is 10.2. The molecule has 0 aliphatic rings. The fourth-order valence-electron chi connectivity index (χ4n) is 1.84. The molecule has 1 atom stereocenters. The zero-order valence-corrected chi connectivity index (χ0v) is 10.2. The summed E-state index contributed by atoms with van der Waals surface area (Å²) in [7, 11) is 1.64. The average molecular weight is 216 g/mol. The Kier molecular flexibility index (Phi) is 4.84. The van der Waals surface area contributed by atoms with E-state index in [2.05, 4.69) is 44.3 Å². The maximum absolute atomic E-state index is 5.17. The number of hydrogen-bond acceptors (Lipinski definition) is 1. The maximum Gasteiger partial charge on any atom is 0.114 e. The monoisotopic (exact) mass is 216 g/mol. The van der Waals surface area contributed by atoms with Crippen LogP contribution in [0.15, 0.2) is 54.8 Å². The molecule has 0 aliphatic carbocycles. The molecule has 0 saturated carbocycles. The molecule has 1 aromatic carbocycles. The van der Waals surface area contributed by atoms with E-state index >= 15 is 0 Å². The van der Waals surface area contributed by atoms with Gasteiger partial charge in [0.1, 0.15) is 5.76 Å². The Bertz CT molecular complexity index is 351. The van der Waals surface area contributed by atoms with Crippen molar-refractivity contribution in [1.29, 1.82) is 0 Å². The van der Waals surface area contributed by atoms with Crippen molar-refractivity contribution in [3.63, 3.8) is 0 Å². The van der Waals surface area contributed by atoms with Crippen LogP contribution in [0.1, 0.15) is 31.2 Å². The molecule has 0 bridgehead atoms. The van der Waals surface area contributed by atoms with Crippen LogP contribution in [0.3, 0.4) is 0 Å². The molecule has 0 radical (unpaired) electrons. The number of allylic oxidation sites excluding steroid dienone is 1. The lowest BCUT2D eigenvalue weighted by atomic mass is 9.87. The third-order valence-corrected chi connectivity index (χ3v) is 2.80. The number of benzene rings is 1. The minimum Gasteiger partial charge on any atom is -0.497 e. The smallest absolute Gasteiger partial charge is 0.114 e. The maximum atomic E-state index is 5.17. The lowest BCUT2D eigenvalue weighted by Gasteiger charge is -2.20. The lowest BCUT2D eigenvalue weighted by molar-refractivity contribution is 0.297. The van der Waals surface area contributed by atoms with Gasteiger partial charge in [0.2, 0.25) is 0 Å². The van der Waals surface area contributed by atoms with Crippen LogP contribution in [-0.4, -0.2) is 7.11 Å². The van der Waals surface area contributed by atoms with Crippen LogP contribution in [0.25, 0.3) is 0 Å². The third kappa shape index (κ3) is 2.99. The van der Waals surface area contributed by atoms with Gasteiger partial charge in [-0.25, -0.2) is 0 Å². The molecule has 1 unspecified atom stereocenters. The molecule has 1 nitrogen and oxygen atoms in total. The first-order chi connectivity index (χ1) is 7.70. The van der Waals surface area contributed by atoms with Gasteiger partial charge in [-0.15, -0.1) is 0 Å². The molecule has 1 rings (SSSR count). The van der Waals surface area contributed by atoms with Gasteiger partial charge in [0.05, 0.1) is 7.11 Å². The summed E-state index contributed by atoms with van der Waals surface area (Å²) in [5, 5.41) is 0. The molecule has 0 saturated heterocycles. The molecular weight excluding hydrogens is 196 g/mol. The first kappa shape index (κ1) is 12.6. The second-order valence-corrected chi connectivity index (χ2v) is 3.90. The van der Waals surface area contributed by atoms with Gasteiger partial charge in [0.25, 0.3) is 0 Å². The fourth-order valence-corrected chi connectivity index (χ4v) is 1.84. The van der Waals surface area contributed by atoms with Gasteiger partial charge in [-0.2, -0.15) is 0 Å². The SMILES string of the molecule is C=C(OC)C(=C)C(CCC)c1ccccc1. The van der Waals surface area contributed by atoms with Crippen LogP contribution in [0.2, 0.25) is 0 Å². The Labute approximate surface area is 98.5 Å². The zero-order chi connectivity index (χ0) is 12.0. The van der Waals surface area contributed by atoms with E-state index in [0.29, 0.717) is 11.7 Å². The highest BCUT2D eigenvalue weighted by molar-refractivity contribution is 5.35. The predicted molar refractivity (Wildman–Crippen MR) is 69.4 cm³/mol. The summed E-state index contributed by atoms with van der Waals surface area (Å²) < 4.78 is 5.17. The predicted octanol–water partition coefficient (Wildman–Crippen LogP) is 4.29. The minimum atomic E-state index is 0.318. The largest absolute Gasteiger partial charge is 0.497 e. The van der Waals surface area contributed by atoms with Gasteiger partial charge < -0.3 is 4.74 Å². The van der Waals surface area contributed by atoms with Crippen LogP contribution in [-0.2, 0) is 4.74 Å². The quantitative estimate of drug-likeness (QED) is 0.509. The lowest BCUT2D eigenvalue weighted by Crippen LogP contribution is -2.04. The molecule has 1 aromatic rings. The van der Waals surface area contributed by atoms with Crippen LogP contribution in [0.5, 0.6) is 0 Å². The van der Waals surface area contributed by atoms with Gasteiger partial charge in [-0.1, -0.05) is 56.8 Å². The van der Waals surface area contributed by atoms with Gasteiger partial charge in [-0.05, 0) is 17.6 Å². The van der Waals surface area contributed by atoms with Crippen molar-refractivity contribution in [1.82, 2.24) is 0 Å². The van der Waals surface area contributed by atoms with Gasteiger partial charge in [0.15, 0.2) is 0 Å². The van der Waals surface area contributed by atoms with Crippen molar-refractivity contribution >= 4 is 0 Å². The standard InChI is InChI=1S/C15H20O/c1-5-9-15(12(2)13(3)16-4)14-10-7-6-8-11-14/h6-8,10-11,15H,2-3,5,9H2,1,4H3. The molecule has 0 amide bonds. The van der Waals surface area contributed by atoms with E-state index < -0.39 is 0 Å². The molecule has 16 heavy (non-hydrogen) atoms. The average Bonchev–Trinajstić information content (AvgIpc) is 2.35. The first-order valence-corrected chi connectivity index (χ1v) is 5.67. The van der Waals surface area contributed by atoms with Gasteiger partial charge >= 0.3 is 0 Å². The van der Waals surface area contributed by atoms with Crippen molar-refractivity contribution in [2.24, 2.45) is 0 Å². The van der Waals surface area contributed by atoms with Gasteiger partial charge in [0, 0.05) is 5.92 Å². The van der Waals surface area contributed by atoms with Crippen molar-refractivity contribution in [3.05, 3.63) is 60.4 Å². The van der Waals surface area contributed by atoms with Gasteiger partial charge in [-0.3, -0.25) is 0 Å². The Morgan fingerprint density at radius 1 is 1.25 bits per heavy atom. The molecule has 86 valence electrons. The van der Waals surface area contributed by atoms with Crippen LogP contribution in [0, 0.1) is 0 Å². The number of methoxy groups -OCH3 is 1. The minimum absolute atomic E-state index is 0.318. The Morgan fingerprint density at radius 2 is 1.88 bits per heavy atom. The molecular formula is C15H20O. The van der Waals surface area contributed by atoms with Crippen molar-refractivity contribution in [2.45, 2.75) is 25.7 Å². The number of ether oxygens (including phenoxy) is 1. The van der Waals surface area contributed by atoms with Crippen molar-refractivity contribution in [3.8, 4) is 0 Å². The number of hydrogen-bond donors (Lipinski definition) is 0. The van der Waals surface area contributed by atoms with Crippen LogP contribution < -0.4 is 0 Å². The summed E-state index contributed by atoms with van der Waals surface area (Å²) >= 11 is 0. The molecule has 0 heterocycles. The Balaban J connectivity index is 2.91. The topological polar surface area (TPSA) is 9.23 Å². The van der Waals surface area contributed by atoms with Crippen LogP contribution in [0.4, 0.5) is 0 Å². The molecule has 0 spiro atoms. The molecule has 0 fully saturated rings. The molecule has 0 N–H and O–H groups in total. The van der Waals surface area contributed by atoms with E-state index in [4.69, 9.17) is 4.74 Å². The number of rotatable bonds is 6. The summed E-state index contributed by atoms with van der Waals surface area (Å²) in [6, 6.07) is 10.4. The zero-order valence-electron chi connectivity index (χ0n) is 10.2. The second-order valence-electron chi connectivity index (χ2n) is 3.90.